The lowest BCUT2D eigenvalue weighted by molar-refractivity contribution is -0.137. The highest BCUT2D eigenvalue weighted by Gasteiger charge is 2.34. The fourth-order valence-electron chi connectivity index (χ4n) is 1.77. The van der Waals surface area contributed by atoms with Crippen LogP contribution in [0.4, 0.5) is 13.2 Å². The summed E-state index contributed by atoms with van der Waals surface area (Å²) in [6, 6.07) is 6.73. The van der Waals surface area contributed by atoms with E-state index in [9.17, 15) is 18.0 Å². The summed E-state index contributed by atoms with van der Waals surface area (Å²) in [5.41, 5.74) is -0.746. The molecular formula is C14H10ClF3OS. The lowest BCUT2D eigenvalue weighted by Gasteiger charge is -2.12. The number of halogens is 4. The fraction of sp³-hybridized carbons (Fsp3) is 0.214. The molecule has 0 spiro atoms. The molecular weight excluding hydrogens is 309 g/mol. The molecule has 0 bridgehead atoms. The Morgan fingerprint density at radius 2 is 1.95 bits per heavy atom. The van der Waals surface area contributed by atoms with Gasteiger partial charge in [-0.25, -0.2) is 0 Å². The number of carbonyl (C=O) groups excluding carboxylic acids is 1. The molecule has 1 heterocycles. The standard InChI is InChI=1S/C14H10ClF3OS/c1-2-11(19)13-6-5-12(20-13)9-4-3-8(15)7-10(9)14(16,17)18/h3-7H,2H2,1H3. The number of hydrogen-bond acceptors (Lipinski definition) is 2. The minimum atomic E-state index is -4.49. The van der Waals surface area contributed by atoms with Crippen LogP contribution in [0.2, 0.25) is 5.02 Å². The van der Waals surface area contributed by atoms with E-state index in [4.69, 9.17) is 11.6 Å². The van der Waals surface area contributed by atoms with E-state index < -0.39 is 11.7 Å². The van der Waals surface area contributed by atoms with Crippen molar-refractivity contribution in [1.29, 1.82) is 0 Å². The highest BCUT2D eigenvalue weighted by Crippen LogP contribution is 2.40. The van der Waals surface area contributed by atoms with Gasteiger partial charge in [0.1, 0.15) is 0 Å². The molecule has 0 N–H and O–H groups in total. The monoisotopic (exact) mass is 318 g/mol. The molecule has 0 saturated heterocycles. The second-order valence-electron chi connectivity index (χ2n) is 4.13. The number of benzene rings is 1. The van der Waals surface area contributed by atoms with E-state index in [1.165, 1.54) is 18.2 Å². The van der Waals surface area contributed by atoms with Gasteiger partial charge < -0.3 is 0 Å². The summed E-state index contributed by atoms with van der Waals surface area (Å²) in [4.78, 5) is 12.4. The summed E-state index contributed by atoms with van der Waals surface area (Å²) in [7, 11) is 0. The first-order valence-corrected chi connectivity index (χ1v) is 7.02. The van der Waals surface area contributed by atoms with Gasteiger partial charge in [-0.05, 0) is 24.3 Å². The van der Waals surface area contributed by atoms with Crippen LogP contribution in [0.3, 0.4) is 0 Å². The van der Waals surface area contributed by atoms with Gasteiger partial charge in [0, 0.05) is 21.9 Å². The molecule has 1 aromatic heterocycles. The first-order valence-electron chi connectivity index (χ1n) is 5.83. The SMILES string of the molecule is CCC(=O)c1ccc(-c2ccc(Cl)cc2C(F)(F)F)s1. The maximum absolute atomic E-state index is 13.0. The molecule has 0 radical (unpaired) electrons. The smallest absolute Gasteiger partial charge is 0.293 e. The lowest BCUT2D eigenvalue weighted by Crippen LogP contribution is -2.06. The second-order valence-corrected chi connectivity index (χ2v) is 5.65. The van der Waals surface area contributed by atoms with Crippen LogP contribution in [0, 0.1) is 0 Å². The molecule has 106 valence electrons. The van der Waals surface area contributed by atoms with Gasteiger partial charge in [-0.2, -0.15) is 13.2 Å². The Labute approximate surface area is 123 Å². The van der Waals surface area contributed by atoms with Crippen molar-refractivity contribution in [1.82, 2.24) is 0 Å². The maximum Gasteiger partial charge on any atom is 0.417 e. The predicted octanol–water partition coefficient (Wildman–Crippen LogP) is 5.68. The van der Waals surface area contributed by atoms with Crippen molar-refractivity contribution in [2.75, 3.05) is 0 Å². The van der Waals surface area contributed by atoms with Crippen LogP contribution < -0.4 is 0 Å². The van der Waals surface area contributed by atoms with Crippen molar-refractivity contribution in [3.63, 3.8) is 0 Å². The highest BCUT2D eigenvalue weighted by molar-refractivity contribution is 7.17. The molecule has 6 heteroatoms. The van der Waals surface area contributed by atoms with Crippen molar-refractivity contribution in [3.8, 4) is 10.4 Å². The van der Waals surface area contributed by atoms with Crippen molar-refractivity contribution >= 4 is 28.7 Å². The van der Waals surface area contributed by atoms with Crippen LogP contribution in [0.25, 0.3) is 10.4 Å². The van der Waals surface area contributed by atoms with Gasteiger partial charge in [-0.1, -0.05) is 24.6 Å². The third-order valence-electron chi connectivity index (χ3n) is 2.75. The van der Waals surface area contributed by atoms with Gasteiger partial charge in [0.05, 0.1) is 10.4 Å². The van der Waals surface area contributed by atoms with Gasteiger partial charge in [0.2, 0.25) is 0 Å². The number of Topliss-reactive ketones (excluding diaryl/α,β-unsaturated/α-hetero) is 1. The zero-order valence-corrected chi connectivity index (χ0v) is 12.0. The van der Waals surface area contributed by atoms with Gasteiger partial charge in [0.25, 0.3) is 0 Å². The van der Waals surface area contributed by atoms with Crippen molar-refractivity contribution in [2.45, 2.75) is 19.5 Å². The Morgan fingerprint density at radius 1 is 1.25 bits per heavy atom. The van der Waals surface area contributed by atoms with Crippen LogP contribution in [-0.4, -0.2) is 5.78 Å². The zero-order chi connectivity index (χ0) is 14.9. The third-order valence-corrected chi connectivity index (χ3v) is 4.15. The first kappa shape index (κ1) is 15.1. The molecule has 0 atom stereocenters. The van der Waals surface area contributed by atoms with E-state index in [-0.39, 0.29) is 16.4 Å². The summed E-state index contributed by atoms with van der Waals surface area (Å²) in [6.45, 7) is 1.71. The Bertz CT molecular complexity index is 646. The molecule has 20 heavy (non-hydrogen) atoms. The van der Waals surface area contributed by atoms with E-state index in [1.54, 1.807) is 13.0 Å². The van der Waals surface area contributed by atoms with Crippen LogP contribution in [0.1, 0.15) is 28.6 Å². The summed E-state index contributed by atoms with van der Waals surface area (Å²) in [5.74, 6) is -0.0798. The Balaban J connectivity index is 2.53. The van der Waals surface area contributed by atoms with Crippen molar-refractivity contribution < 1.29 is 18.0 Å². The Kier molecular flexibility index (Phi) is 4.20. The molecule has 1 nitrogen and oxygen atoms in total. The number of hydrogen-bond donors (Lipinski definition) is 0. The summed E-state index contributed by atoms with van der Waals surface area (Å²) in [6.07, 6.45) is -4.16. The van der Waals surface area contributed by atoms with Crippen LogP contribution in [0.5, 0.6) is 0 Å². The van der Waals surface area contributed by atoms with E-state index in [2.05, 4.69) is 0 Å². The largest absolute Gasteiger partial charge is 0.417 e. The van der Waals surface area contributed by atoms with Crippen molar-refractivity contribution in [3.05, 3.63) is 45.8 Å². The minimum absolute atomic E-state index is 0.0301. The number of ketones is 1. The molecule has 0 amide bonds. The van der Waals surface area contributed by atoms with Gasteiger partial charge in [-0.3, -0.25) is 4.79 Å². The summed E-state index contributed by atoms with van der Waals surface area (Å²) >= 11 is 6.70. The predicted molar refractivity (Wildman–Crippen MR) is 74.4 cm³/mol. The molecule has 0 unspecified atom stereocenters. The Morgan fingerprint density at radius 3 is 2.55 bits per heavy atom. The fourth-order valence-corrected chi connectivity index (χ4v) is 3.00. The molecule has 0 aliphatic carbocycles. The van der Waals surface area contributed by atoms with E-state index in [1.807, 2.05) is 0 Å². The average molecular weight is 319 g/mol. The number of carbonyl (C=O) groups is 1. The van der Waals surface area contributed by atoms with Gasteiger partial charge in [-0.15, -0.1) is 11.3 Å². The molecule has 2 rings (SSSR count). The highest BCUT2D eigenvalue weighted by atomic mass is 35.5. The molecule has 0 fully saturated rings. The normalized spacial score (nSPS) is 11.7. The molecule has 0 saturated carbocycles. The number of thiophene rings is 1. The average Bonchev–Trinajstić information content (AvgIpc) is 2.86. The molecule has 1 aromatic carbocycles. The molecule has 0 aliphatic heterocycles. The topological polar surface area (TPSA) is 17.1 Å². The molecule has 0 aliphatic rings. The van der Waals surface area contributed by atoms with Crippen LogP contribution in [-0.2, 0) is 6.18 Å². The van der Waals surface area contributed by atoms with Crippen molar-refractivity contribution in [2.24, 2.45) is 0 Å². The first-order chi connectivity index (χ1) is 9.32. The molecule has 2 aromatic rings. The van der Waals surface area contributed by atoms with Crippen LogP contribution in [0.15, 0.2) is 30.3 Å². The van der Waals surface area contributed by atoms with E-state index in [0.29, 0.717) is 16.2 Å². The number of alkyl halides is 3. The number of rotatable bonds is 3. The van der Waals surface area contributed by atoms with Crippen LogP contribution >= 0.6 is 22.9 Å². The minimum Gasteiger partial charge on any atom is -0.293 e. The quantitative estimate of drug-likeness (QED) is 0.665. The summed E-state index contributed by atoms with van der Waals surface area (Å²) in [5, 5.41) is 0.0301. The van der Waals surface area contributed by atoms with Gasteiger partial charge in [0.15, 0.2) is 5.78 Å². The Hall–Kier alpha value is -1.33. The third kappa shape index (κ3) is 3.04. The zero-order valence-electron chi connectivity index (χ0n) is 10.4. The van der Waals surface area contributed by atoms with E-state index >= 15 is 0 Å². The van der Waals surface area contributed by atoms with E-state index in [0.717, 1.165) is 17.4 Å². The van der Waals surface area contributed by atoms with Gasteiger partial charge >= 0.3 is 6.18 Å². The summed E-state index contributed by atoms with van der Waals surface area (Å²) < 4.78 is 39.1. The second kappa shape index (κ2) is 5.58. The maximum atomic E-state index is 13.0. The lowest BCUT2D eigenvalue weighted by atomic mass is 10.1.